The number of nitrogens with zero attached hydrogens (tertiary/aromatic N) is 3. The lowest BCUT2D eigenvalue weighted by atomic mass is 10.1. The fraction of sp³-hybridized carbons (Fsp3) is 0.440. The fourth-order valence-corrected chi connectivity index (χ4v) is 4.58. The summed E-state index contributed by atoms with van der Waals surface area (Å²) in [4.78, 5) is 38.9. The Labute approximate surface area is 217 Å². The van der Waals surface area contributed by atoms with Gasteiger partial charge in [-0.2, -0.15) is 0 Å². The van der Waals surface area contributed by atoms with Crippen LogP contribution < -0.4 is 14.4 Å². The number of nitro groups is 1. The van der Waals surface area contributed by atoms with Gasteiger partial charge in [-0.3, -0.25) is 24.0 Å². The number of hydrogen-bond donors (Lipinski definition) is 1. The quantitative estimate of drug-likeness (QED) is 0.345. The molecule has 202 valence electrons. The van der Waals surface area contributed by atoms with Gasteiger partial charge in [-0.25, -0.2) is 8.42 Å². The molecule has 37 heavy (non-hydrogen) atoms. The van der Waals surface area contributed by atoms with E-state index in [0.29, 0.717) is 0 Å². The van der Waals surface area contributed by atoms with Gasteiger partial charge in [-0.05, 0) is 38.8 Å². The zero-order valence-electron chi connectivity index (χ0n) is 21.9. The van der Waals surface area contributed by atoms with Gasteiger partial charge >= 0.3 is 0 Å². The number of methoxy groups -OCH3 is 1. The molecule has 2 amide bonds. The number of carbonyl (C=O) groups excluding carboxylic acids is 2. The summed E-state index contributed by atoms with van der Waals surface area (Å²) in [5.41, 5.74) is -0.327. The Morgan fingerprint density at radius 1 is 1.14 bits per heavy atom. The molecule has 2 aromatic rings. The molecular formula is C25H34N4O7S. The number of nitrogens with one attached hydrogen (secondary N) is 1. The van der Waals surface area contributed by atoms with Crippen LogP contribution in [-0.4, -0.2) is 61.5 Å². The molecule has 1 unspecified atom stereocenters. The van der Waals surface area contributed by atoms with Crippen molar-refractivity contribution in [3.8, 4) is 5.75 Å². The van der Waals surface area contributed by atoms with Crippen LogP contribution in [0.4, 0.5) is 11.4 Å². The van der Waals surface area contributed by atoms with Crippen LogP contribution in [0.15, 0.2) is 48.5 Å². The van der Waals surface area contributed by atoms with Crippen LogP contribution in [-0.2, 0) is 26.2 Å². The smallest absolute Gasteiger partial charge is 0.271 e. The predicted molar refractivity (Wildman–Crippen MR) is 141 cm³/mol. The first-order chi connectivity index (χ1) is 17.2. The number of rotatable bonds is 11. The molecule has 11 nitrogen and oxygen atoms in total. The van der Waals surface area contributed by atoms with Gasteiger partial charge in [-0.1, -0.05) is 37.3 Å². The van der Waals surface area contributed by atoms with Crippen molar-refractivity contribution in [2.24, 2.45) is 0 Å². The Morgan fingerprint density at radius 2 is 1.76 bits per heavy atom. The van der Waals surface area contributed by atoms with E-state index in [0.717, 1.165) is 22.2 Å². The van der Waals surface area contributed by atoms with Crippen molar-refractivity contribution in [3.05, 3.63) is 64.2 Å². The normalized spacial score (nSPS) is 12.4. The Morgan fingerprint density at radius 3 is 2.24 bits per heavy atom. The van der Waals surface area contributed by atoms with Crippen LogP contribution in [0.25, 0.3) is 0 Å². The van der Waals surface area contributed by atoms with Gasteiger partial charge in [0.2, 0.25) is 21.8 Å². The molecule has 0 aromatic heterocycles. The molecule has 0 spiro atoms. The molecule has 0 heterocycles. The minimum Gasteiger partial charge on any atom is -0.495 e. The molecule has 0 radical (unpaired) electrons. The monoisotopic (exact) mass is 534 g/mol. The highest BCUT2D eigenvalue weighted by atomic mass is 32.2. The first-order valence-electron chi connectivity index (χ1n) is 11.6. The Balaban J connectivity index is 2.56. The maximum absolute atomic E-state index is 13.7. The number of sulfonamides is 1. The largest absolute Gasteiger partial charge is 0.495 e. The number of ether oxygens (including phenoxy) is 1. The van der Waals surface area contributed by atoms with Crippen molar-refractivity contribution in [2.45, 2.75) is 52.2 Å². The van der Waals surface area contributed by atoms with E-state index in [-0.39, 0.29) is 36.0 Å². The highest BCUT2D eigenvalue weighted by molar-refractivity contribution is 7.92. The van der Waals surface area contributed by atoms with Crippen molar-refractivity contribution in [1.29, 1.82) is 0 Å². The Bertz CT molecular complexity index is 1230. The summed E-state index contributed by atoms with van der Waals surface area (Å²) >= 11 is 0. The second-order valence-corrected chi connectivity index (χ2v) is 11.5. The summed E-state index contributed by atoms with van der Waals surface area (Å²) in [5.74, 6) is -0.993. The van der Waals surface area contributed by atoms with Gasteiger partial charge in [0.25, 0.3) is 5.69 Å². The SMILES string of the molecule is CCC(C(=O)NC(C)(C)C)N(Cc1ccccc1)C(=O)CN(c1cc([N+](=O)[O-])ccc1OC)S(C)(=O)=O. The number of nitro benzene ring substituents is 1. The first-order valence-corrected chi connectivity index (χ1v) is 13.5. The zero-order chi connectivity index (χ0) is 28.0. The highest BCUT2D eigenvalue weighted by Crippen LogP contribution is 2.34. The summed E-state index contributed by atoms with van der Waals surface area (Å²) in [5, 5.41) is 14.2. The van der Waals surface area contributed by atoms with E-state index in [2.05, 4.69) is 5.32 Å². The van der Waals surface area contributed by atoms with Crippen LogP contribution >= 0.6 is 0 Å². The Hall–Kier alpha value is -3.67. The minimum absolute atomic E-state index is 0.0379. The molecule has 0 fully saturated rings. The number of anilines is 1. The number of benzene rings is 2. The van der Waals surface area contributed by atoms with Crippen molar-refractivity contribution >= 4 is 33.2 Å². The van der Waals surface area contributed by atoms with E-state index in [1.54, 1.807) is 31.2 Å². The van der Waals surface area contributed by atoms with E-state index in [9.17, 15) is 28.1 Å². The standard InChI is InChI=1S/C25H34N4O7S/c1-7-20(24(31)26-25(2,3)4)27(16-18-11-9-8-10-12-18)23(30)17-28(37(6,34)35)21-15-19(29(32)33)13-14-22(21)36-5/h8-15,20H,7,16-17H2,1-6H3,(H,26,31). The van der Waals surface area contributed by atoms with Gasteiger partial charge in [0, 0.05) is 24.2 Å². The summed E-state index contributed by atoms with van der Waals surface area (Å²) in [7, 11) is -2.80. The number of amides is 2. The molecule has 0 bridgehead atoms. The molecule has 0 saturated carbocycles. The number of hydrogen-bond acceptors (Lipinski definition) is 7. The third-order valence-electron chi connectivity index (χ3n) is 5.40. The van der Waals surface area contributed by atoms with Crippen LogP contribution in [0.3, 0.4) is 0 Å². The van der Waals surface area contributed by atoms with Crippen LogP contribution in [0.2, 0.25) is 0 Å². The van der Waals surface area contributed by atoms with E-state index in [1.807, 2.05) is 26.8 Å². The molecular weight excluding hydrogens is 500 g/mol. The van der Waals surface area contributed by atoms with Gasteiger partial charge in [-0.15, -0.1) is 0 Å². The van der Waals surface area contributed by atoms with Gasteiger partial charge in [0.05, 0.1) is 18.3 Å². The van der Waals surface area contributed by atoms with Crippen molar-refractivity contribution < 1.29 is 27.7 Å². The average Bonchev–Trinajstić information content (AvgIpc) is 2.80. The van der Waals surface area contributed by atoms with Crippen LogP contribution in [0.5, 0.6) is 5.75 Å². The van der Waals surface area contributed by atoms with E-state index in [4.69, 9.17) is 4.74 Å². The molecule has 2 rings (SSSR count). The number of carbonyl (C=O) groups is 2. The Kier molecular flexibility index (Phi) is 9.62. The second-order valence-electron chi connectivity index (χ2n) is 9.55. The molecule has 1 atom stereocenters. The van der Waals surface area contributed by atoms with Gasteiger partial charge < -0.3 is 15.0 Å². The van der Waals surface area contributed by atoms with E-state index < -0.39 is 39.0 Å². The lowest BCUT2D eigenvalue weighted by Crippen LogP contribution is -2.55. The molecule has 0 saturated heterocycles. The topological polar surface area (TPSA) is 139 Å². The molecule has 0 aliphatic carbocycles. The summed E-state index contributed by atoms with van der Waals surface area (Å²) in [6, 6.07) is 11.6. The summed E-state index contributed by atoms with van der Waals surface area (Å²) in [6.45, 7) is 6.58. The van der Waals surface area contributed by atoms with Crippen molar-refractivity contribution in [2.75, 3.05) is 24.2 Å². The second kappa shape index (κ2) is 12.0. The maximum atomic E-state index is 13.7. The van der Waals surface area contributed by atoms with Crippen molar-refractivity contribution in [1.82, 2.24) is 10.2 Å². The lowest BCUT2D eigenvalue weighted by Gasteiger charge is -2.34. The van der Waals surface area contributed by atoms with Crippen LogP contribution in [0.1, 0.15) is 39.7 Å². The fourth-order valence-electron chi connectivity index (χ4n) is 3.73. The molecule has 0 aliphatic heterocycles. The minimum atomic E-state index is -4.09. The highest BCUT2D eigenvalue weighted by Gasteiger charge is 2.34. The zero-order valence-corrected chi connectivity index (χ0v) is 22.7. The lowest BCUT2D eigenvalue weighted by molar-refractivity contribution is -0.384. The van der Waals surface area contributed by atoms with E-state index in [1.165, 1.54) is 24.1 Å². The summed E-state index contributed by atoms with van der Waals surface area (Å²) in [6.07, 6.45) is 1.17. The molecule has 2 aromatic carbocycles. The van der Waals surface area contributed by atoms with Gasteiger partial charge in [0.1, 0.15) is 24.0 Å². The number of non-ortho nitro benzene ring substituents is 1. The van der Waals surface area contributed by atoms with Crippen molar-refractivity contribution in [3.63, 3.8) is 0 Å². The predicted octanol–water partition coefficient (Wildman–Crippen LogP) is 3.09. The third kappa shape index (κ3) is 8.17. The molecule has 1 N–H and O–H groups in total. The molecule has 12 heteroatoms. The maximum Gasteiger partial charge on any atom is 0.271 e. The van der Waals surface area contributed by atoms with E-state index >= 15 is 0 Å². The summed E-state index contributed by atoms with van der Waals surface area (Å²) < 4.78 is 31.6. The average molecular weight is 535 g/mol. The van der Waals surface area contributed by atoms with Crippen LogP contribution in [0, 0.1) is 10.1 Å². The first kappa shape index (κ1) is 29.6. The third-order valence-corrected chi connectivity index (χ3v) is 6.53. The molecule has 0 aliphatic rings. The van der Waals surface area contributed by atoms with Gasteiger partial charge in [0.15, 0.2) is 0 Å².